The van der Waals surface area contributed by atoms with Crippen molar-refractivity contribution in [2.24, 2.45) is 0 Å². The average Bonchev–Trinajstić information content (AvgIpc) is 3.15. The molecule has 1 saturated carbocycles. The van der Waals surface area contributed by atoms with Crippen LogP contribution in [0.2, 0.25) is 0 Å². The van der Waals surface area contributed by atoms with E-state index in [1.807, 2.05) is 11.5 Å². The van der Waals surface area contributed by atoms with Gasteiger partial charge >= 0.3 is 0 Å². The van der Waals surface area contributed by atoms with Crippen molar-refractivity contribution in [1.29, 1.82) is 0 Å². The predicted molar refractivity (Wildman–Crippen MR) is 81.7 cm³/mol. The zero-order valence-electron chi connectivity index (χ0n) is 14.1. The summed E-state index contributed by atoms with van der Waals surface area (Å²) in [5.74, 6) is -17.8. The maximum absolute atomic E-state index is 13.9. The van der Waals surface area contributed by atoms with Crippen LogP contribution in [-0.2, 0) is 0 Å². The lowest BCUT2D eigenvalue weighted by Crippen LogP contribution is -2.13. The molecule has 3 aliphatic rings. The molecule has 0 aromatic rings. The van der Waals surface area contributed by atoms with Gasteiger partial charge in [0.2, 0.25) is 0 Å². The number of hydrogen-bond acceptors (Lipinski definition) is 0. The first-order chi connectivity index (χ1) is 13.6. The first kappa shape index (κ1) is 21.0. The molecule has 0 aromatic carbocycles. The van der Waals surface area contributed by atoms with Crippen LogP contribution < -0.4 is 0 Å². The molecule has 0 bridgehead atoms. The molecule has 1 fully saturated rings. The molecule has 0 N–H and O–H groups in total. The van der Waals surface area contributed by atoms with E-state index in [1.54, 1.807) is 0 Å². The van der Waals surface area contributed by atoms with Crippen molar-refractivity contribution in [2.45, 2.75) is 31.6 Å². The van der Waals surface area contributed by atoms with Crippen molar-refractivity contribution in [3.63, 3.8) is 0 Å². The summed E-state index contributed by atoms with van der Waals surface area (Å²) in [7, 11) is 0. The smallest absolute Gasteiger partial charge is 0.198 e. The van der Waals surface area contributed by atoms with E-state index >= 15 is 0 Å². The van der Waals surface area contributed by atoms with E-state index in [2.05, 4.69) is 0 Å². The van der Waals surface area contributed by atoms with Crippen molar-refractivity contribution >= 4 is 0 Å². The van der Waals surface area contributed by atoms with Gasteiger partial charge < -0.3 is 0 Å². The molecule has 0 nitrogen and oxygen atoms in total. The molecule has 0 spiro atoms. The van der Waals surface area contributed by atoms with E-state index in [4.69, 9.17) is 0 Å². The maximum atomic E-state index is 13.9. The molecule has 0 aliphatic heterocycles. The highest BCUT2D eigenvalue weighted by molar-refractivity contribution is 5.51. The molecule has 29 heavy (non-hydrogen) atoms. The molecule has 0 amide bonds. The number of allylic oxidation sites excluding steroid dienone is 10. The van der Waals surface area contributed by atoms with Crippen LogP contribution >= 0.6 is 0 Å². The van der Waals surface area contributed by atoms with Gasteiger partial charge in [0.05, 0.1) is 11.1 Å². The van der Waals surface area contributed by atoms with Gasteiger partial charge in [-0.15, -0.1) is 11.5 Å². The van der Waals surface area contributed by atoms with Crippen LogP contribution in [0.5, 0.6) is 0 Å². The molecule has 10 heteroatoms. The second kappa shape index (κ2) is 7.61. The summed E-state index contributed by atoms with van der Waals surface area (Å²) in [5.41, 5.74) is 0.894. The fourth-order valence-corrected chi connectivity index (χ4v) is 2.92. The van der Waals surface area contributed by atoms with Crippen LogP contribution in [0.4, 0.5) is 43.9 Å². The van der Waals surface area contributed by atoms with Gasteiger partial charge in [0, 0.05) is 11.1 Å². The van der Waals surface area contributed by atoms with Crippen LogP contribution in [0.15, 0.2) is 80.4 Å². The van der Waals surface area contributed by atoms with Crippen molar-refractivity contribution in [3.8, 4) is 0 Å². The minimum absolute atomic E-state index is 0.0496. The number of halogens is 10. The lowest BCUT2D eigenvalue weighted by molar-refractivity contribution is 0.322. The Morgan fingerprint density at radius 2 is 0.862 bits per heavy atom. The molecular formula is C19H8F10. The Kier molecular flexibility index (Phi) is 5.52. The molecule has 0 aromatic heterocycles. The summed E-state index contributed by atoms with van der Waals surface area (Å²) in [6.07, 6.45) is -5.94. The molecular weight excluding hydrogens is 418 g/mol. The summed E-state index contributed by atoms with van der Waals surface area (Å²) < 4.78 is 135. The van der Waals surface area contributed by atoms with Gasteiger partial charge in [0.25, 0.3) is 0 Å². The Bertz CT molecular complexity index is 969. The molecule has 0 radical (unpaired) electrons. The third-order valence-corrected chi connectivity index (χ3v) is 4.40. The van der Waals surface area contributed by atoms with Crippen molar-refractivity contribution in [2.75, 3.05) is 0 Å². The molecule has 154 valence electrons. The first-order valence-corrected chi connectivity index (χ1v) is 8.06. The lowest BCUT2D eigenvalue weighted by atomic mass is 9.98. The minimum Gasteiger partial charge on any atom is -0.234 e. The van der Waals surface area contributed by atoms with E-state index < -0.39 is 70.1 Å². The van der Waals surface area contributed by atoms with Crippen molar-refractivity contribution < 1.29 is 43.9 Å². The second-order valence-electron chi connectivity index (χ2n) is 6.19. The van der Waals surface area contributed by atoms with Crippen molar-refractivity contribution in [1.82, 2.24) is 0 Å². The molecule has 3 rings (SSSR count). The number of rotatable bonds is 0. The fraction of sp³-hybridized carbons (Fsp3) is 0.263. The standard InChI is InChI=1S/C19H8F10/c20-10-8(11(21)15(25)18(28)14(10)24)4-6-2-1-3-7(6)5-9-12(22)16(26)19(29)17(27)13(9)23/h10,12H,1-3H2. The highest BCUT2D eigenvalue weighted by atomic mass is 19.2. The van der Waals surface area contributed by atoms with Gasteiger partial charge in [-0.2, -0.15) is 0 Å². The van der Waals surface area contributed by atoms with Gasteiger partial charge in [-0.1, -0.05) is 0 Å². The van der Waals surface area contributed by atoms with E-state index in [0.717, 1.165) is 0 Å². The Morgan fingerprint density at radius 3 is 1.21 bits per heavy atom. The Morgan fingerprint density at radius 1 is 0.517 bits per heavy atom. The average molecular weight is 426 g/mol. The molecule has 3 aliphatic carbocycles. The van der Waals surface area contributed by atoms with Gasteiger partial charge in [0.1, 0.15) is 0 Å². The van der Waals surface area contributed by atoms with Crippen LogP contribution in [-0.4, -0.2) is 12.3 Å². The molecule has 2 atom stereocenters. The molecule has 0 heterocycles. The Balaban J connectivity index is 2.22. The molecule has 2 unspecified atom stereocenters. The maximum Gasteiger partial charge on any atom is 0.198 e. The summed E-state index contributed by atoms with van der Waals surface area (Å²) >= 11 is 0. The van der Waals surface area contributed by atoms with Crippen LogP contribution in [0.1, 0.15) is 19.3 Å². The fourth-order valence-electron chi connectivity index (χ4n) is 2.92. The van der Waals surface area contributed by atoms with Crippen LogP contribution in [0.25, 0.3) is 0 Å². The predicted octanol–water partition coefficient (Wildman–Crippen LogP) is 7.38. The molecule has 0 saturated heterocycles. The van der Waals surface area contributed by atoms with Gasteiger partial charge in [-0.05, 0) is 19.3 Å². The normalized spacial score (nSPS) is 26.1. The summed E-state index contributed by atoms with van der Waals surface area (Å²) in [4.78, 5) is 0. The van der Waals surface area contributed by atoms with Crippen LogP contribution in [0.3, 0.4) is 0 Å². The lowest BCUT2D eigenvalue weighted by Gasteiger charge is -2.15. The number of alkyl halides is 2. The monoisotopic (exact) mass is 426 g/mol. The van der Waals surface area contributed by atoms with Crippen LogP contribution in [0, 0.1) is 0 Å². The van der Waals surface area contributed by atoms with Crippen molar-refractivity contribution in [3.05, 3.63) is 80.4 Å². The van der Waals surface area contributed by atoms with Gasteiger partial charge in [-0.3, -0.25) is 0 Å². The number of hydrogen-bond donors (Lipinski definition) is 0. The Hall–Kier alpha value is -2.70. The summed E-state index contributed by atoms with van der Waals surface area (Å²) in [5, 5.41) is 0. The third-order valence-electron chi connectivity index (χ3n) is 4.40. The second-order valence-corrected chi connectivity index (χ2v) is 6.19. The van der Waals surface area contributed by atoms with Gasteiger partial charge in [-0.25, -0.2) is 43.9 Å². The zero-order chi connectivity index (χ0) is 21.6. The third kappa shape index (κ3) is 3.43. The highest BCUT2D eigenvalue weighted by Gasteiger charge is 2.37. The van der Waals surface area contributed by atoms with E-state index in [0.29, 0.717) is 0 Å². The van der Waals surface area contributed by atoms with E-state index in [9.17, 15) is 43.9 Å². The van der Waals surface area contributed by atoms with E-state index in [-0.39, 0.29) is 30.4 Å². The topological polar surface area (TPSA) is 0 Å². The van der Waals surface area contributed by atoms with Gasteiger partial charge in [0.15, 0.2) is 59.0 Å². The largest absolute Gasteiger partial charge is 0.234 e. The quantitative estimate of drug-likeness (QED) is 0.280. The first-order valence-electron chi connectivity index (χ1n) is 8.06. The minimum atomic E-state index is -3.02. The zero-order valence-corrected chi connectivity index (χ0v) is 14.1. The highest BCUT2D eigenvalue weighted by Crippen LogP contribution is 2.42. The van der Waals surface area contributed by atoms with E-state index in [1.165, 1.54) is 0 Å². The summed E-state index contributed by atoms with van der Waals surface area (Å²) in [6, 6.07) is 0. The Labute approximate surface area is 156 Å². The SMILES string of the molecule is FC1=C(F)C(F)=C(F)C(F)C1=C=C1CCCC1=C=C1C(F)=C(F)C(F)=C(F)C1F. The summed E-state index contributed by atoms with van der Waals surface area (Å²) in [6.45, 7) is 0.